The second-order valence-corrected chi connectivity index (χ2v) is 3.74. The van der Waals surface area contributed by atoms with Crippen LogP contribution in [0.3, 0.4) is 0 Å². The molecule has 18 heavy (non-hydrogen) atoms. The van der Waals surface area contributed by atoms with E-state index >= 15 is 0 Å². The predicted molar refractivity (Wildman–Crippen MR) is 58.0 cm³/mol. The first-order chi connectivity index (χ1) is 8.29. The number of hydrogen-bond donors (Lipinski definition) is 3. The van der Waals surface area contributed by atoms with Crippen LogP contribution in [-0.2, 0) is 9.59 Å². The Labute approximate surface area is 103 Å². The van der Waals surface area contributed by atoms with E-state index < -0.39 is 24.6 Å². The molecule has 1 unspecified atom stereocenters. The van der Waals surface area contributed by atoms with Gasteiger partial charge in [0.2, 0.25) is 5.91 Å². The molecule has 106 valence electrons. The number of alkyl halides is 3. The average molecular weight is 270 g/mol. The lowest BCUT2D eigenvalue weighted by molar-refractivity contribution is -0.192. The van der Waals surface area contributed by atoms with Crippen molar-refractivity contribution in [3.63, 3.8) is 0 Å². The van der Waals surface area contributed by atoms with Crippen molar-refractivity contribution >= 4 is 11.9 Å². The first-order valence-electron chi connectivity index (χ1n) is 5.56. The summed E-state index contributed by atoms with van der Waals surface area (Å²) in [4.78, 5) is 21.5. The Morgan fingerprint density at radius 1 is 1.28 bits per heavy atom. The van der Waals surface area contributed by atoms with Gasteiger partial charge in [0.05, 0.1) is 0 Å². The first-order valence-corrected chi connectivity index (χ1v) is 5.56. The number of amides is 1. The number of nitrogens with one attached hydrogen (secondary N) is 2. The van der Waals surface area contributed by atoms with Crippen molar-refractivity contribution in [3.8, 4) is 0 Å². The van der Waals surface area contributed by atoms with Gasteiger partial charge < -0.3 is 15.7 Å². The summed E-state index contributed by atoms with van der Waals surface area (Å²) in [7, 11) is 0. The highest BCUT2D eigenvalue weighted by atomic mass is 19.4. The fourth-order valence-corrected chi connectivity index (χ4v) is 1.14. The van der Waals surface area contributed by atoms with E-state index in [1.54, 1.807) is 0 Å². The van der Waals surface area contributed by atoms with Crippen LogP contribution in [0.4, 0.5) is 13.2 Å². The lowest BCUT2D eigenvalue weighted by Crippen LogP contribution is -2.40. The van der Waals surface area contributed by atoms with Crippen LogP contribution in [0.25, 0.3) is 0 Å². The highest BCUT2D eigenvalue weighted by Gasteiger charge is 2.44. The van der Waals surface area contributed by atoms with E-state index in [1.807, 2.05) is 6.92 Å². The number of carboxylic acids is 1. The summed E-state index contributed by atoms with van der Waals surface area (Å²) < 4.78 is 36.7. The van der Waals surface area contributed by atoms with Crippen LogP contribution in [0.2, 0.25) is 0 Å². The van der Waals surface area contributed by atoms with Gasteiger partial charge in [-0.25, -0.2) is 0 Å². The van der Waals surface area contributed by atoms with Crippen LogP contribution >= 0.6 is 0 Å². The molecule has 0 radical (unpaired) electrons. The van der Waals surface area contributed by atoms with Gasteiger partial charge in [0.15, 0.2) is 5.92 Å². The van der Waals surface area contributed by atoms with E-state index in [-0.39, 0.29) is 18.9 Å². The third kappa shape index (κ3) is 7.10. The molecule has 0 aliphatic carbocycles. The van der Waals surface area contributed by atoms with Gasteiger partial charge in [-0.1, -0.05) is 6.92 Å². The molecule has 0 aromatic rings. The number of halogens is 3. The summed E-state index contributed by atoms with van der Waals surface area (Å²) in [5.74, 6) is -4.65. The van der Waals surface area contributed by atoms with E-state index in [0.717, 1.165) is 6.42 Å². The molecule has 5 nitrogen and oxygen atoms in total. The first kappa shape index (κ1) is 16.7. The second kappa shape index (κ2) is 7.91. The van der Waals surface area contributed by atoms with Crippen molar-refractivity contribution in [1.29, 1.82) is 0 Å². The van der Waals surface area contributed by atoms with Crippen LogP contribution in [0.15, 0.2) is 0 Å². The Balaban J connectivity index is 3.88. The Bertz CT molecular complexity index is 282. The van der Waals surface area contributed by atoms with Crippen LogP contribution in [-0.4, -0.2) is 42.8 Å². The standard InChI is InChI=1S/C10H17F3N2O3/c1-2-4-15-8(16)3-5-14-6-7(9(17)18)10(11,12)13/h7,14H,2-6H2,1H3,(H,15,16)(H,17,18). The SMILES string of the molecule is CCCNC(=O)CCNCC(C(=O)O)C(F)(F)F. The number of carboxylic acid groups (broad SMARTS) is 1. The normalized spacial score (nSPS) is 13.1. The summed E-state index contributed by atoms with van der Waals surface area (Å²) in [6.07, 6.45) is -4.00. The molecule has 0 aliphatic heterocycles. The van der Waals surface area contributed by atoms with Crippen molar-refractivity contribution in [1.82, 2.24) is 10.6 Å². The van der Waals surface area contributed by atoms with E-state index in [9.17, 15) is 22.8 Å². The van der Waals surface area contributed by atoms with Crippen molar-refractivity contribution < 1.29 is 27.9 Å². The minimum atomic E-state index is -4.79. The zero-order valence-electron chi connectivity index (χ0n) is 10.0. The minimum Gasteiger partial charge on any atom is -0.481 e. The maximum Gasteiger partial charge on any atom is 0.403 e. The summed E-state index contributed by atoms with van der Waals surface area (Å²) in [5.41, 5.74) is 0. The van der Waals surface area contributed by atoms with E-state index in [2.05, 4.69) is 10.6 Å². The zero-order valence-corrected chi connectivity index (χ0v) is 10.0. The summed E-state index contributed by atoms with van der Waals surface area (Å²) in [5, 5.41) is 13.3. The van der Waals surface area contributed by atoms with E-state index in [0.29, 0.717) is 6.54 Å². The molecular formula is C10H17F3N2O3. The molecular weight excluding hydrogens is 253 g/mol. The Hall–Kier alpha value is -1.31. The molecule has 0 fully saturated rings. The van der Waals surface area contributed by atoms with Gasteiger partial charge in [-0.05, 0) is 6.42 Å². The Morgan fingerprint density at radius 3 is 2.33 bits per heavy atom. The van der Waals surface area contributed by atoms with E-state index in [4.69, 9.17) is 5.11 Å². The van der Waals surface area contributed by atoms with Crippen LogP contribution in [0.1, 0.15) is 19.8 Å². The van der Waals surface area contributed by atoms with Gasteiger partial charge in [-0.2, -0.15) is 13.2 Å². The molecule has 1 amide bonds. The number of hydrogen-bond acceptors (Lipinski definition) is 3. The van der Waals surface area contributed by atoms with Gasteiger partial charge in [0.1, 0.15) is 0 Å². The largest absolute Gasteiger partial charge is 0.481 e. The van der Waals surface area contributed by atoms with Gasteiger partial charge in [-0.3, -0.25) is 9.59 Å². The van der Waals surface area contributed by atoms with E-state index in [1.165, 1.54) is 0 Å². The summed E-state index contributed by atoms with van der Waals surface area (Å²) in [6, 6.07) is 0. The Morgan fingerprint density at radius 2 is 1.89 bits per heavy atom. The fourth-order valence-electron chi connectivity index (χ4n) is 1.14. The van der Waals surface area contributed by atoms with Crippen LogP contribution in [0.5, 0.6) is 0 Å². The Kier molecular flexibility index (Phi) is 7.33. The predicted octanol–water partition coefficient (Wildman–Crippen LogP) is 0.755. The van der Waals surface area contributed by atoms with Gasteiger partial charge in [-0.15, -0.1) is 0 Å². The lowest BCUT2D eigenvalue weighted by atomic mass is 10.1. The van der Waals surface area contributed by atoms with Crippen molar-refractivity contribution in [2.45, 2.75) is 25.9 Å². The molecule has 3 N–H and O–H groups in total. The third-order valence-electron chi connectivity index (χ3n) is 2.14. The van der Waals surface area contributed by atoms with Crippen molar-refractivity contribution in [2.24, 2.45) is 5.92 Å². The second-order valence-electron chi connectivity index (χ2n) is 3.74. The molecule has 0 aromatic heterocycles. The quantitative estimate of drug-likeness (QED) is 0.569. The zero-order chi connectivity index (χ0) is 14.2. The molecule has 1 atom stereocenters. The molecule has 0 heterocycles. The maximum atomic E-state index is 12.2. The fraction of sp³-hybridized carbons (Fsp3) is 0.800. The third-order valence-corrected chi connectivity index (χ3v) is 2.14. The number of carbonyl (C=O) groups is 2. The lowest BCUT2D eigenvalue weighted by Gasteiger charge is -2.16. The molecule has 0 bridgehead atoms. The van der Waals surface area contributed by atoms with Crippen LogP contribution < -0.4 is 10.6 Å². The van der Waals surface area contributed by atoms with Crippen molar-refractivity contribution in [2.75, 3.05) is 19.6 Å². The number of rotatable bonds is 8. The van der Waals surface area contributed by atoms with Crippen molar-refractivity contribution in [3.05, 3.63) is 0 Å². The molecule has 0 spiro atoms. The van der Waals surface area contributed by atoms with Crippen LogP contribution in [0, 0.1) is 5.92 Å². The average Bonchev–Trinajstić information content (AvgIpc) is 2.23. The monoisotopic (exact) mass is 270 g/mol. The highest BCUT2D eigenvalue weighted by Crippen LogP contribution is 2.25. The van der Waals surface area contributed by atoms with Gasteiger partial charge >= 0.3 is 12.1 Å². The minimum absolute atomic E-state index is 0.00933. The smallest absolute Gasteiger partial charge is 0.403 e. The molecule has 0 aliphatic rings. The number of carbonyl (C=O) groups excluding carboxylic acids is 1. The molecule has 0 aromatic carbocycles. The summed E-state index contributed by atoms with van der Waals surface area (Å²) in [6.45, 7) is 1.66. The molecule has 0 rings (SSSR count). The molecule has 0 saturated heterocycles. The maximum absolute atomic E-state index is 12.2. The highest BCUT2D eigenvalue weighted by molar-refractivity contribution is 5.76. The van der Waals surface area contributed by atoms with Gasteiger partial charge in [0, 0.05) is 26.1 Å². The molecule has 0 saturated carbocycles. The van der Waals surface area contributed by atoms with Gasteiger partial charge in [0.25, 0.3) is 0 Å². The topological polar surface area (TPSA) is 78.4 Å². The summed E-state index contributed by atoms with van der Waals surface area (Å²) >= 11 is 0. The number of aliphatic carboxylic acids is 1. The molecule has 8 heteroatoms.